The third-order valence-corrected chi connectivity index (χ3v) is 1.59. The number of nitrogens with zero attached hydrogens (tertiary/aromatic N) is 1. The summed E-state index contributed by atoms with van der Waals surface area (Å²) in [5.74, 6) is 0. The minimum atomic E-state index is 0. The Morgan fingerprint density at radius 1 is 1.33 bits per heavy atom. The topological polar surface area (TPSA) is 12.4 Å². The highest BCUT2D eigenvalue weighted by Gasteiger charge is 1.82. The summed E-state index contributed by atoms with van der Waals surface area (Å²) in [7, 11) is 0. The van der Waals surface area contributed by atoms with Crippen LogP contribution in [0.4, 0.5) is 0 Å². The molecule has 0 aliphatic rings. The highest BCUT2D eigenvalue weighted by molar-refractivity contribution is 5.79. The molecular weight excluding hydrogens is 146 g/mol. The molecule has 0 aliphatic heterocycles. The molecule has 0 bridgehead atoms. The van der Waals surface area contributed by atoms with Crippen LogP contribution in [0.2, 0.25) is 0 Å². The lowest BCUT2D eigenvalue weighted by atomic mass is 10.2. The second-order valence-electron chi connectivity index (χ2n) is 2.64. The van der Waals surface area contributed by atoms with Gasteiger partial charge in [-0.15, -0.1) is 0 Å². The molecule has 0 aliphatic carbocycles. The first-order valence-electron chi connectivity index (χ1n) is 4.26. The van der Waals surface area contributed by atoms with E-state index in [2.05, 4.69) is 30.5 Å². The molecule has 1 aromatic carbocycles. The van der Waals surface area contributed by atoms with E-state index in [-0.39, 0.29) is 1.43 Å². The quantitative estimate of drug-likeness (QED) is 0.475. The Kier molecular flexibility index (Phi) is 4.14. The summed E-state index contributed by atoms with van der Waals surface area (Å²) < 4.78 is 0. The average molecular weight is 161 g/mol. The fraction of sp³-hybridized carbons (Fsp3) is 0.273. The molecular formula is C11H15N+. The van der Waals surface area contributed by atoms with Crippen LogP contribution in [-0.2, 0) is 0 Å². The van der Waals surface area contributed by atoms with Crippen molar-refractivity contribution in [3.63, 3.8) is 0 Å². The van der Waals surface area contributed by atoms with Crippen molar-refractivity contribution in [3.05, 3.63) is 42.3 Å². The summed E-state index contributed by atoms with van der Waals surface area (Å²) in [5.41, 5.74) is 1.17. The molecule has 0 heterocycles. The number of hydrogen-bond donors (Lipinski definition) is 0. The van der Waals surface area contributed by atoms with Gasteiger partial charge in [0.05, 0.1) is 0 Å². The van der Waals surface area contributed by atoms with Gasteiger partial charge in [-0.2, -0.15) is 0 Å². The summed E-state index contributed by atoms with van der Waals surface area (Å²) in [4.78, 5) is 4.28. The molecule has 0 fully saturated rings. The number of aliphatic imine (C=N–C) groups is 1. The van der Waals surface area contributed by atoms with E-state index < -0.39 is 0 Å². The van der Waals surface area contributed by atoms with Crippen molar-refractivity contribution in [2.45, 2.75) is 13.3 Å². The minimum Gasteiger partial charge on any atom is -0.293 e. The van der Waals surface area contributed by atoms with Gasteiger partial charge in [0.1, 0.15) is 0 Å². The first kappa shape index (κ1) is 8.98. The largest absolute Gasteiger partial charge is 1.00 e. The first-order valence-corrected chi connectivity index (χ1v) is 4.26. The van der Waals surface area contributed by atoms with E-state index in [4.69, 9.17) is 0 Å². The standard InChI is InChI=1S/C11H14N/c1-2-3-9-12-10-11-7-5-4-6-8-11/h2,4-8,10H,3,9H2,1H3/p+1. The van der Waals surface area contributed by atoms with Crippen molar-refractivity contribution in [1.29, 1.82) is 0 Å². The summed E-state index contributed by atoms with van der Waals surface area (Å²) in [5, 5.41) is 0. The van der Waals surface area contributed by atoms with Crippen molar-refractivity contribution in [1.82, 2.24) is 0 Å². The Morgan fingerprint density at radius 2 is 2.08 bits per heavy atom. The van der Waals surface area contributed by atoms with Gasteiger partial charge in [-0.05, 0) is 18.4 Å². The Bertz CT molecular complexity index is 231. The van der Waals surface area contributed by atoms with Crippen LogP contribution in [0.1, 0.15) is 20.3 Å². The Morgan fingerprint density at radius 3 is 2.75 bits per heavy atom. The van der Waals surface area contributed by atoms with Crippen LogP contribution < -0.4 is 0 Å². The minimum absolute atomic E-state index is 0. The molecule has 0 N–H and O–H groups in total. The molecule has 1 heteroatoms. The Hall–Kier alpha value is -1.11. The summed E-state index contributed by atoms with van der Waals surface area (Å²) in [6, 6.07) is 10.2. The van der Waals surface area contributed by atoms with Crippen LogP contribution in [0.5, 0.6) is 0 Å². The highest BCUT2D eigenvalue weighted by Crippen LogP contribution is 1.94. The molecule has 1 radical (unpaired) electrons. The molecule has 1 rings (SSSR count). The lowest BCUT2D eigenvalue weighted by Gasteiger charge is -1.91. The van der Waals surface area contributed by atoms with Gasteiger partial charge in [-0.3, -0.25) is 4.99 Å². The van der Waals surface area contributed by atoms with Gasteiger partial charge in [0, 0.05) is 12.8 Å². The van der Waals surface area contributed by atoms with Gasteiger partial charge in [0.15, 0.2) is 0 Å². The number of benzene rings is 1. The third kappa shape index (κ3) is 3.33. The normalized spacial score (nSPS) is 10.8. The van der Waals surface area contributed by atoms with E-state index in [0.717, 1.165) is 13.0 Å². The summed E-state index contributed by atoms with van der Waals surface area (Å²) in [6.07, 6.45) is 5.11. The molecule has 12 heavy (non-hydrogen) atoms. The van der Waals surface area contributed by atoms with Crippen molar-refractivity contribution in [3.8, 4) is 0 Å². The third-order valence-electron chi connectivity index (χ3n) is 1.59. The molecule has 63 valence electrons. The Labute approximate surface area is 75.6 Å². The maximum absolute atomic E-state index is 4.28. The average Bonchev–Trinajstić information content (AvgIpc) is 2.14. The van der Waals surface area contributed by atoms with Crippen molar-refractivity contribution in [2.75, 3.05) is 6.54 Å². The first-order chi connectivity index (χ1) is 5.93. The second kappa shape index (κ2) is 5.53. The molecule has 0 aromatic heterocycles. The Balaban J connectivity index is 0.00000144. The lowest BCUT2D eigenvalue weighted by Crippen LogP contribution is -1.83. The molecule has 0 unspecified atom stereocenters. The van der Waals surface area contributed by atoms with Crippen LogP contribution >= 0.6 is 0 Å². The zero-order valence-corrected chi connectivity index (χ0v) is 7.40. The molecule has 0 saturated heterocycles. The molecule has 0 spiro atoms. The van der Waals surface area contributed by atoms with Gasteiger partial charge in [0.2, 0.25) is 0 Å². The van der Waals surface area contributed by atoms with Gasteiger partial charge in [0.25, 0.3) is 0 Å². The predicted molar refractivity (Wildman–Crippen MR) is 54.6 cm³/mol. The zero-order valence-electron chi connectivity index (χ0n) is 8.40. The number of hydrogen-bond acceptors (Lipinski definition) is 1. The monoisotopic (exact) mass is 161 g/mol. The lowest BCUT2D eigenvalue weighted by molar-refractivity contribution is 0.950. The molecule has 0 atom stereocenters. The molecule has 0 saturated carbocycles. The maximum Gasteiger partial charge on any atom is 1.00 e. The van der Waals surface area contributed by atoms with Crippen LogP contribution in [0.25, 0.3) is 0 Å². The van der Waals surface area contributed by atoms with E-state index >= 15 is 0 Å². The molecule has 0 amide bonds. The fourth-order valence-corrected chi connectivity index (χ4v) is 0.913. The number of unbranched alkanes of at least 4 members (excludes halogenated alkanes) is 1. The van der Waals surface area contributed by atoms with Crippen molar-refractivity contribution in [2.24, 2.45) is 4.99 Å². The fourth-order valence-electron chi connectivity index (χ4n) is 0.913. The van der Waals surface area contributed by atoms with E-state index in [1.807, 2.05) is 24.4 Å². The van der Waals surface area contributed by atoms with Crippen molar-refractivity contribution < 1.29 is 1.43 Å². The second-order valence-corrected chi connectivity index (χ2v) is 2.64. The van der Waals surface area contributed by atoms with E-state index in [1.165, 1.54) is 5.56 Å². The predicted octanol–water partition coefficient (Wildman–Crippen LogP) is 2.83. The van der Waals surface area contributed by atoms with E-state index in [1.54, 1.807) is 0 Å². The molecule has 1 aromatic rings. The van der Waals surface area contributed by atoms with Gasteiger partial charge < -0.3 is 0 Å². The summed E-state index contributed by atoms with van der Waals surface area (Å²) in [6.45, 7) is 2.95. The SMILES string of the molecule is C[CH]CCN=Cc1ccccc1.[H+]. The van der Waals surface area contributed by atoms with E-state index in [9.17, 15) is 0 Å². The maximum atomic E-state index is 4.28. The van der Waals surface area contributed by atoms with Crippen molar-refractivity contribution >= 4 is 6.21 Å². The van der Waals surface area contributed by atoms with Gasteiger partial charge >= 0.3 is 1.43 Å². The van der Waals surface area contributed by atoms with Gasteiger partial charge in [-0.1, -0.05) is 37.3 Å². The van der Waals surface area contributed by atoms with Crippen LogP contribution in [0.3, 0.4) is 0 Å². The zero-order chi connectivity index (χ0) is 8.65. The van der Waals surface area contributed by atoms with Crippen LogP contribution in [-0.4, -0.2) is 12.8 Å². The molecule has 1 nitrogen and oxygen atoms in total. The summed E-state index contributed by atoms with van der Waals surface area (Å²) >= 11 is 0. The van der Waals surface area contributed by atoms with Crippen LogP contribution in [0, 0.1) is 6.42 Å². The number of rotatable bonds is 4. The van der Waals surface area contributed by atoms with Gasteiger partial charge in [-0.25, -0.2) is 0 Å². The highest BCUT2D eigenvalue weighted by atomic mass is 14.7. The van der Waals surface area contributed by atoms with Crippen LogP contribution in [0.15, 0.2) is 35.3 Å². The van der Waals surface area contributed by atoms with E-state index in [0.29, 0.717) is 0 Å². The smallest absolute Gasteiger partial charge is 0.293 e.